The number of halogens is 3. The monoisotopic (exact) mass is 299 g/mol. The zero-order valence-electron chi connectivity index (χ0n) is 11.1. The summed E-state index contributed by atoms with van der Waals surface area (Å²) in [6.07, 6.45) is 2.92. The van der Waals surface area contributed by atoms with E-state index in [2.05, 4.69) is 22.2 Å². The molecule has 0 aliphatic heterocycles. The van der Waals surface area contributed by atoms with Crippen LogP contribution in [0.25, 0.3) is 0 Å². The molecule has 1 heterocycles. The van der Waals surface area contributed by atoms with E-state index in [0.29, 0.717) is 10.8 Å². The summed E-state index contributed by atoms with van der Waals surface area (Å²) < 4.78 is 26.5. The molecular weight excluding hydrogens is 284 g/mol. The molecule has 2 N–H and O–H groups in total. The van der Waals surface area contributed by atoms with Crippen molar-refractivity contribution in [2.24, 2.45) is 0 Å². The van der Waals surface area contributed by atoms with Crippen molar-refractivity contribution in [3.05, 3.63) is 46.5 Å². The Morgan fingerprint density at radius 1 is 1.35 bits per heavy atom. The van der Waals surface area contributed by atoms with E-state index in [1.54, 1.807) is 0 Å². The molecule has 0 radical (unpaired) electrons. The number of nitrogens with zero attached hydrogens (tertiary/aromatic N) is 1. The molecule has 0 aliphatic rings. The molecule has 1 aromatic heterocycles. The number of aromatic amines is 1. The van der Waals surface area contributed by atoms with Gasteiger partial charge < -0.3 is 10.3 Å². The number of H-pyrrole nitrogens is 1. The number of anilines is 1. The topological polar surface area (TPSA) is 40.7 Å². The maximum atomic E-state index is 13.5. The summed E-state index contributed by atoms with van der Waals surface area (Å²) >= 11 is 6.01. The van der Waals surface area contributed by atoms with Gasteiger partial charge in [0.15, 0.2) is 16.8 Å². The Morgan fingerprint density at radius 2 is 2.15 bits per heavy atom. The zero-order valence-corrected chi connectivity index (χ0v) is 11.9. The van der Waals surface area contributed by atoms with E-state index in [-0.39, 0.29) is 12.2 Å². The quantitative estimate of drug-likeness (QED) is 0.835. The Morgan fingerprint density at radius 3 is 2.90 bits per heavy atom. The molecule has 0 unspecified atom stereocenters. The molecular formula is C14H16ClF2N3. The highest BCUT2D eigenvalue weighted by Crippen LogP contribution is 2.19. The van der Waals surface area contributed by atoms with Crippen LogP contribution in [0, 0.1) is 11.6 Å². The third-order valence-corrected chi connectivity index (χ3v) is 3.26. The molecule has 0 fully saturated rings. The van der Waals surface area contributed by atoms with Gasteiger partial charge in [0.2, 0.25) is 0 Å². The van der Waals surface area contributed by atoms with Crippen molar-refractivity contribution in [2.45, 2.75) is 32.7 Å². The Balaban J connectivity index is 2.03. The van der Waals surface area contributed by atoms with Gasteiger partial charge in [0, 0.05) is 6.42 Å². The Bertz CT molecular complexity index is 584. The molecule has 0 spiro atoms. The van der Waals surface area contributed by atoms with Gasteiger partial charge in [-0.05, 0) is 18.6 Å². The highest BCUT2D eigenvalue weighted by Gasteiger charge is 2.10. The summed E-state index contributed by atoms with van der Waals surface area (Å²) in [5.74, 6) is -0.961. The minimum atomic E-state index is -0.894. The lowest BCUT2D eigenvalue weighted by Gasteiger charge is -2.06. The molecule has 20 heavy (non-hydrogen) atoms. The predicted octanol–water partition coefficient (Wildman–Crippen LogP) is 4.30. The molecule has 6 heteroatoms. The summed E-state index contributed by atoms with van der Waals surface area (Å²) in [4.78, 5) is 7.30. The normalized spacial score (nSPS) is 10.8. The summed E-state index contributed by atoms with van der Waals surface area (Å²) in [7, 11) is 0. The average Bonchev–Trinajstić information content (AvgIpc) is 2.79. The molecule has 0 saturated carbocycles. The Hall–Kier alpha value is -1.62. The van der Waals surface area contributed by atoms with Gasteiger partial charge in [0.05, 0.1) is 17.9 Å². The lowest BCUT2D eigenvalue weighted by atomic mass is 10.2. The number of unbranched alkanes of at least 4 members (excludes halogenated alkanes) is 1. The smallest absolute Gasteiger partial charge is 0.181 e. The van der Waals surface area contributed by atoms with Crippen molar-refractivity contribution in [3.63, 3.8) is 0 Å². The van der Waals surface area contributed by atoms with Crippen molar-refractivity contribution >= 4 is 17.3 Å². The first-order valence-electron chi connectivity index (χ1n) is 6.53. The van der Waals surface area contributed by atoms with Crippen LogP contribution in [-0.4, -0.2) is 9.97 Å². The lowest BCUT2D eigenvalue weighted by molar-refractivity contribution is 0.511. The molecule has 2 rings (SSSR count). The summed E-state index contributed by atoms with van der Waals surface area (Å²) in [6, 6.07) is 4.00. The molecule has 0 atom stereocenters. The SMILES string of the molecule is CCCCc1nc(Cl)c(CNc2cccc(F)c2F)[nH]1. The summed E-state index contributed by atoms with van der Waals surface area (Å²) in [5.41, 5.74) is 0.771. The van der Waals surface area contributed by atoms with Gasteiger partial charge in [-0.1, -0.05) is 31.0 Å². The van der Waals surface area contributed by atoms with Crippen LogP contribution < -0.4 is 5.32 Å². The number of rotatable bonds is 6. The summed E-state index contributed by atoms with van der Waals surface area (Å²) in [5, 5.41) is 3.17. The largest absolute Gasteiger partial charge is 0.377 e. The standard InChI is InChI=1S/C14H16ClF2N3/c1-2-3-7-12-19-11(14(15)20-12)8-18-10-6-4-5-9(16)13(10)17/h4-6,18H,2-3,7-8H2,1H3,(H,19,20). The second-order valence-corrected chi connectivity index (χ2v) is 4.87. The zero-order chi connectivity index (χ0) is 14.5. The van der Waals surface area contributed by atoms with E-state index in [1.807, 2.05) is 0 Å². The number of hydrogen-bond acceptors (Lipinski definition) is 2. The van der Waals surface area contributed by atoms with E-state index >= 15 is 0 Å². The first-order chi connectivity index (χ1) is 9.61. The predicted molar refractivity (Wildman–Crippen MR) is 75.9 cm³/mol. The van der Waals surface area contributed by atoms with Gasteiger partial charge in [-0.25, -0.2) is 13.8 Å². The summed E-state index contributed by atoms with van der Waals surface area (Å²) in [6.45, 7) is 2.36. The highest BCUT2D eigenvalue weighted by atomic mass is 35.5. The van der Waals surface area contributed by atoms with Crippen LogP contribution in [0.3, 0.4) is 0 Å². The average molecular weight is 300 g/mol. The fraction of sp³-hybridized carbons (Fsp3) is 0.357. The van der Waals surface area contributed by atoms with Crippen molar-refractivity contribution in [1.82, 2.24) is 9.97 Å². The number of imidazole rings is 1. The van der Waals surface area contributed by atoms with E-state index < -0.39 is 11.6 Å². The van der Waals surface area contributed by atoms with Crippen molar-refractivity contribution < 1.29 is 8.78 Å². The fourth-order valence-electron chi connectivity index (χ4n) is 1.84. The van der Waals surface area contributed by atoms with Crippen LogP contribution in [0.4, 0.5) is 14.5 Å². The molecule has 108 valence electrons. The Labute approximate surface area is 121 Å². The number of hydrogen-bond donors (Lipinski definition) is 2. The second kappa shape index (κ2) is 6.70. The highest BCUT2D eigenvalue weighted by molar-refractivity contribution is 6.30. The molecule has 2 aromatic rings. The van der Waals surface area contributed by atoms with Crippen molar-refractivity contribution in [1.29, 1.82) is 0 Å². The number of aryl methyl sites for hydroxylation is 1. The molecule has 0 aliphatic carbocycles. The van der Waals surface area contributed by atoms with Crippen LogP contribution in [0.1, 0.15) is 31.3 Å². The van der Waals surface area contributed by atoms with E-state index in [1.165, 1.54) is 12.1 Å². The second-order valence-electron chi connectivity index (χ2n) is 4.51. The van der Waals surface area contributed by atoms with Crippen LogP contribution >= 0.6 is 11.6 Å². The van der Waals surface area contributed by atoms with Crippen molar-refractivity contribution in [3.8, 4) is 0 Å². The van der Waals surface area contributed by atoms with Gasteiger partial charge in [0.1, 0.15) is 5.82 Å². The maximum Gasteiger partial charge on any atom is 0.181 e. The lowest BCUT2D eigenvalue weighted by Crippen LogP contribution is -2.03. The number of benzene rings is 1. The van der Waals surface area contributed by atoms with Gasteiger partial charge in [-0.3, -0.25) is 0 Å². The van der Waals surface area contributed by atoms with Crippen molar-refractivity contribution in [2.75, 3.05) is 5.32 Å². The fourth-order valence-corrected chi connectivity index (χ4v) is 2.06. The molecule has 1 aromatic carbocycles. The van der Waals surface area contributed by atoms with Gasteiger partial charge in [-0.2, -0.15) is 0 Å². The molecule has 0 amide bonds. The first-order valence-corrected chi connectivity index (χ1v) is 6.90. The van der Waals surface area contributed by atoms with E-state index in [0.717, 1.165) is 31.2 Å². The third-order valence-electron chi connectivity index (χ3n) is 2.95. The minimum absolute atomic E-state index is 0.103. The van der Waals surface area contributed by atoms with E-state index in [4.69, 9.17) is 11.6 Å². The maximum absolute atomic E-state index is 13.5. The van der Waals surface area contributed by atoms with Crippen LogP contribution in [0.15, 0.2) is 18.2 Å². The van der Waals surface area contributed by atoms with Crippen LogP contribution in [0.2, 0.25) is 5.15 Å². The molecule has 3 nitrogen and oxygen atoms in total. The van der Waals surface area contributed by atoms with Gasteiger partial charge in [0.25, 0.3) is 0 Å². The number of aromatic nitrogens is 2. The third kappa shape index (κ3) is 3.48. The van der Waals surface area contributed by atoms with E-state index in [9.17, 15) is 8.78 Å². The van der Waals surface area contributed by atoms with Crippen LogP contribution in [-0.2, 0) is 13.0 Å². The molecule has 0 saturated heterocycles. The van der Waals surface area contributed by atoms with Gasteiger partial charge >= 0.3 is 0 Å². The Kier molecular flexibility index (Phi) is 4.95. The molecule has 0 bridgehead atoms. The van der Waals surface area contributed by atoms with Gasteiger partial charge in [-0.15, -0.1) is 0 Å². The van der Waals surface area contributed by atoms with Crippen LogP contribution in [0.5, 0.6) is 0 Å². The minimum Gasteiger partial charge on any atom is -0.377 e. The first kappa shape index (κ1) is 14.8. The number of nitrogens with one attached hydrogen (secondary N) is 2.